The molecule has 1 amide bonds. The second kappa shape index (κ2) is 6.35. The number of rotatable bonds is 5. The number of amides is 1. The number of benzene rings is 2. The molecule has 0 saturated heterocycles. The van der Waals surface area contributed by atoms with E-state index < -0.39 is 5.60 Å². The topological polar surface area (TPSA) is 49.3 Å². The normalized spacial score (nSPS) is 13.5. The molecule has 0 aromatic heterocycles. The second-order valence-electron chi connectivity index (χ2n) is 4.97. The van der Waals surface area contributed by atoms with Crippen molar-refractivity contribution >= 4 is 5.91 Å². The Morgan fingerprint density at radius 2 is 1.60 bits per heavy atom. The van der Waals surface area contributed by atoms with E-state index in [0.717, 1.165) is 11.1 Å². The molecule has 2 aromatic carbocycles. The fourth-order valence-electron chi connectivity index (χ4n) is 2.22. The third-order valence-electron chi connectivity index (χ3n) is 3.28. The van der Waals surface area contributed by atoms with E-state index in [1.165, 1.54) is 6.92 Å². The zero-order valence-electron chi connectivity index (χ0n) is 11.5. The van der Waals surface area contributed by atoms with Crippen LogP contribution in [0.4, 0.5) is 0 Å². The van der Waals surface area contributed by atoms with Crippen molar-refractivity contribution in [2.75, 3.05) is 6.54 Å². The van der Waals surface area contributed by atoms with Gasteiger partial charge in [0.2, 0.25) is 5.91 Å². The molecule has 104 valence electrons. The Balaban J connectivity index is 2.26. The molecule has 0 spiro atoms. The van der Waals surface area contributed by atoms with Crippen LogP contribution < -0.4 is 5.32 Å². The summed E-state index contributed by atoms with van der Waals surface area (Å²) in [5, 5.41) is 13.7. The van der Waals surface area contributed by atoms with Crippen LogP contribution >= 0.6 is 0 Å². The van der Waals surface area contributed by atoms with Crippen LogP contribution in [0.3, 0.4) is 0 Å². The second-order valence-corrected chi connectivity index (χ2v) is 4.97. The maximum atomic E-state index is 11.2. The van der Waals surface area contributed by atoms with Crippen LogP contribution in [-0.2, 0) is 16.8 Å². The van der Waals surface area contributed by atoms with Crippen LogP contribution in [0.1, 0.15) is 18.1 Å². The standard InChI is InChI=1S/C17H19NO2/c1-14(19)18-13-17(20,16-10-6-3-7-11-16)12-15-8-4-2-5-9-15/h2-11,20H,12-13H2,1H3,(H,18,19). The maximum absolute atomic E-state index is 11.2. The van der Waals surface area contributed by atoms with Gasteiger partial charge >= 0.3 is 0 Å². The summed E-state index contributed by atoms with van der Waals surface area (Å²) in [7, 11) is 0. The van der Waals surface area contributed by atoms with Crippen LogP contribution in [-0.4, -0.2) is 17.6 Å². The summed E-state index contributed by atoms with van der Waals surface area (Å²) in [6.07, 6.45) is 0.456. The SMILES string of the molecule is CC(=O)NCC(O)(Cc1ccccc1)c1ccccc1. The third kappa shape index (κ3) is 3.68. The van der Waals surface area contributed by atoms with Crippen molar-refractivity contribution in [2.45, 2.75) is 18.9 Å². The van der Waals surface area contributed by atoms with Crippen molar-refractivity contribution in [1.82, 2.24) is 5.32 Å². The first-order valence-corrected chi connectivity index (χ1v) is 6.66. The molecule has 0 aliphatic carbocycles. The van der Waals surface area contributed by atoms with Gasteiger partial charge in [0.1, 0.15) is 5.60 Å². The predicted octanol–water partition coefficient (Wildman–Crippen LogP) is 2.25. The summed E-state index contributed by atoms with van der Waals surface area (Å²) in [6.45, 7) is 1.65. The highest BCUT2D eigenvalue weighted by atomic mass is 16.3. The highest BCUT2D eigenvalue weighted by Gasteiger charge is 2.29. The maximum Gasteiger partial charge on any atom is 0.216 e. The minimum atomic E-state index is -1.10. The largest absolute Gasteiger partial charge is 0.383 e. The molecule has 0 radical (unpaired) electrons. The van der Waals surface area contributed by atoms with Crippen molar-refractivity contribution < 1.29 is 9.90 Å². The van der Waals surface area contributed by atoms with Crippen LogP contribution in [0.25, 0.3) is 0 Å². The van der Waals surface area contributed by atoms with Gasteiger partial charge in [-0.05, 0) is 11.1 Å². The fourth-order valence-corrected chi connectivity index (χ4v) is 2.22. The molecule has 0 aliphatic rings. The quantitative estimate of drug-likeness (QED) is 0.874. The Morgan fingerprint density at radius 3 is 2.15 bits per heavy atom. The van der Waals surface area contributed by atoms with E-state index in [2.05, 4.69) is 5.32 Å². The number of hydrogen-bond acceptors (Lipinski definition) is 2. The first-order chi connectivity index (χ1) is 9.60. The molecule has 3 nitrogen and oxygen atoms in total. The molecule has 0 aliphatic heterocycles. The van der Waals surface area contributed by atoms with Gasteiger partial charge in [0, 0.05) is 13.3 Å². The lowest BCUT2D eigenvalue weighted by Gasteiger charge is -2.29. The zero-order chi connectivity index (χ0) is 14.4. The van der Waals surface area contributed by atoms with Gasteiger partial charge in [-0.3, -0.25) is 4.79 Å². The molecule has 1 unspecified atom stereocenters. The zero-order valence-corrected chi connectivity index (χ0v) is 11.5. The fraction of sp³-hybridized carbons (Fsp3) is 0.235. The average molecular weight is 269 g/mol. The smallest absolute Gasteiger partial charge is 0.216 e. The Labute approximate surface area is 119 Å². The summed E-state index contributed by atoms with van der Waals surface area (Å²) in [5.41, 5.74) is 0.732. The van der Waals surface area contributed by atoms with Crippen molar-refractivity contribution in [3.8, 4) is 0 Å². The highest BCUT2D eigenvalue weighted by Crippen LogP contribution is 2.25. The molecule has 0 fully saturated rings. The minimum absolute atomic E-state index is 0.146. The molecule has 2 aromatic rings. The van der Waals surface area contributed by atoms with Crippen LogP contribution in [0.2, 0.25) is 0 Å². The van der Waals surface area contributed by atoms with E-state index in [4.69, 9.17) is 0 Å². The summed E-state index contributed by atoms with van der Waals surface area (Å²) in [6, 6.07) is 19.2. The molecular weight excluding hydrogens is 250 g/mol. The van der Waals surface area contributed by atoms with Crippen molar-refractivity contribution in [2.24, 2.45) is 0 Å². The molecule has 0 saturated carbocycles. The molecule has 3 heteroatoms. The van der Waals surface area contributed by atoms with E-state index >= 15 is 0 Å². The van der Waals surface area contributed by atoms with Crippen LogP contribution in [0, 0.1) is 0 Å². The van der Waals surface area contributed by atoms with Crippen molar-refractivity contribution in [1.29, 1.82) is 0 Å². The molecule has 1 atom stereocenters. The van der Waals surface area contributed by atoms with Crippen molar-refractivity contribution in [3.63, 3.8) is 0 Å². The molecule has 0 bridgehead atoms. The van der Waals surface area contributed by atoms with E-state index in [0.29, 0.717) is 6.42 Å². The van der Waals surface area contributed by atoms with E-state index in [1.807, 2.05) is 60.7 Å². The lowest BCUT2D eigenvalue weighted by molar-refractivity contribution is -0.120. The summed E-state index contributed by atoms with van der Waals surface area (Å²) in [5.74, 6) is -0.146. The predicted molar refractivity (Wildman–Crippen MR) is 79.2 cm³/mol. The average Bonchev–Trinajstić information content (AvgIpc) is 2.47. The summed E-state index contributed by atoms with van der Waals surface area (Å²) < 4.78 is 0. The van der Waals surface area contributed by atoms with Crippen molar-refractivity contribution in [3.05, 3.63) is 71.8 Å². The monoisotopic (exact) mass is 269 g/mol. The molecule has 0 heterocycles. The summed E-state index contributed by atoms with van der Waals surface area (Å²) >= 11 is 0. The van der Waals surface area contributed by atoms with Gasteiger partial charge in [-0.25, -0.2) is 0 Å². The van der Waals surface area contributed by atoms with Gasteiger partial charge < -0.3 is 10.4 Å². The third-order valence-corrected chi connectivity index (χ3v) is 3.28. The Kier molecular flexibility index (Phi) is 4.53. The van der Waals surface area contributed by atoms with Gasteiger partial charge in [0.25, 0.3) is 0 Å². The number of aliphatic hydroxyl groups is 1. The van der Waals surface area contributed by atoms with E-state index in [-0.39, 0.29) is 12.5 Å². The van der Waals surface area contributed by atoms with Gasteiger partial charge in [-0.1, -0.05) is 60.7 Å². The van der Waals surface area contributed by atoms with Crippen LogP contribution in [0.15, 0.2) is 60.7 Å². The Morgan fingerprint density at radius 1 is 1.05 bits per heavy atom. The lowest BCUT2D eigenvalue weighted by atomic mass is 9.87. The van der Waals surface area contributed by atoms with Gasteiger partial charge in [-0.2, -0.15) is 0 Å². The number of hydrogen-bond donors (Lipinski definition) is 2. The first kappa shape index (κ1) is 14.3. The molecule has 2 N–H and O–H groups in total. The Hall–Kier alpha value is -2.13. The van der Waals surface area contributed by atoms with Gasteiger partial charge in [0.15, 0.2) is 0 Å². The molecule has 20 heavy (non-hydrogen) atoms. The first-order valence-electron chi connectivity index (χ1n) is 6.66. The van der Waals surface area contributed by atoms with Gasteiger partial charge in [0.05, 0.1) is 6.54 Å². The van der Waals surface area contributed by atoms with E-state index in [9.17, 15) is 9.90 Å². The van der Waals surface area contributed by atoms with Gasteiger partial charge in [-0.15, -0.1) is 0 Å². The van der Waals surface area contributed by atoms with E-state index in [1.54, 1.807) is 0 Å². The lowest BCUT2D eigenvalue weighted by Crippen LogP contribution is -2.41. The number of carbonyl (C=O) groups excluding carboxylic acids is 1. The summed E-state index contributed by atoms with van der Waals surface area (Å²) in [4.78, 5) is 11.2. The minimum Gasteiger partial charge on any atom is -0.383 e. The number of nitrogens with one attached hydrogen (secondary N) is 1. The number of carbonyl (C=O) groups is 1. The van der Waals surface area contributed by atoms with Crippen LogP contribution in [0.5, 0.6) is 0 Å². The molecule has 2 rings (SSSR count). The molecular formula is C17H19NO2. The Bertz CT molecular complexity index is 554. The highest BCUT2D eigenvalue weighted by molar-refractivity contribution is 5.72.